The highest BCUT2D eigenvalue weighted by Gasteiger charge is 2.27. The highest BCUT2D eigenvalue weighted by molar-refractivity contribution is 6.26. The van der Waals surface area contributed by atoms with Gasteiger partial charge in [-0.15, -0.1) is 0 Å². The zero-order chi connectivity index (χ0) is 23.1. The highest BCUT2D eigenvalue weighted by Crippen LogP contribution is 2.44. The van der Waals surface area contributed by atoms with Crippen LogP contribution in [-0.4, -0.2) is 4.40 Å². The second-order valence-electron chi connectivity index (χ2n) is 10.4. The Morgan fingerprint density at radius 1 is 0.941 bits per heavy atom. The standard InChI is InChI=1S/C31H28N3/c1-18-14-24-28-22(17-32)10-7-11-25(28)34-26-16-23(20-8-5-4-6-9-20)15-21-12-13-33(3)31(29(21)26)27(19(18)2)30(24)34/h7,10-16,20H,4-6,8-9H2,1-3H3/q+1. The normalized spacial score (nSPS) is 15.4. The van der Waals surface area contributed by atoms with E-state index < -0.39 is 0 Å². The van der Waals surface area contributed by atoms with E-state index in [0.29, 0.717) is 5.92 Å². The van der Waals surface area contributed by atoms with Gasteiger partial charge in [-0.3, -0.25) is 0 Å². The van der Waals surface area contributed by atoms with Crippen LogP contribution in [0.15, 0.2) is 48.7 Å². The van der Waals surface area contributed by atoms with Crippen LogP contribution in [-0.2, 0) is 7.05 Å². The Morgan fingerprint density at radius 3 is 2.56 bits per heavy atom. The first kappa shape index (κ1) is 19.8. The van der Waals surface area contributed by atoms with Crippen LogP contribution in [0.1, 0.15) is 60.3 Å². The first-order valence-corrected chi connectivity index (χ1v) is 12.5. The Bertz CT molecular complexity index is 1820. The third-order valence-electron chi connectivity index (χ3n) is 8.51. The SMILES string of the molecule is Cc1cc2c3c(C#N)cccc3n3c4cc(C5CCCCC5)cc5cc[n+](C)c(c(c1C)c23)c54. The predicted molar refractivity (Wildman–Crippen MR) is 140 cm³/mol. The second-order valence-corrected chi connectivity index (χ2v) is 10.4. The zero-order valence-corrected chi connectivity index (χ0v) is 20.1. The van der Waals surface area contributed by atoms with Gasteiger partial charge in [0.2, 0.25) is 5.52 Å². The lowest BCUT2D eigenvalue weighted by Gasteiger charge is -2.23. The lowest BCUT2D eigenvalue weighted by molar-refractivity contribution is -0.643. The Labute approximate surface area is 199 Å². The van der Waals surface area contributed by atoms with Gasteiger partial charge in [0.15, 0.2) is 6.20 Å². The third kappa shape index (κ3) is 2.44. The van der Waals surface area contributed by atoms with Crippen molar-refractivity contribution in [1.82, 2.24) is 4.40 Å². The van der Waals surface area contributed by atoms with E-state index in [1.807, 2.05) is 12.1 Å². The van der Waals surface area contributed by atoms with E-state index in [2.05, 4.69) is 72.5 Å². The largest absolute Gasteiger partial charge is 0.307 e. The molecule has 7 rings (SSSR count). The summed E-state index contributed by atoms with van der Waals surface area (Å²) in [5, 5.41) is 16.2. The molecule has 3 aromatic heterocycles. The number of nitriles is 1. The molecule has 3 aromatic carbocycles. The number of hydrogen-bond acceptors (Lipinski definition) is 1. The number of fused-ring (bicyclic) bond motifs is 5. The Morgan fingerprint density at radius 2 is 1.76 bits per heavy atom. The molecule has 1 aliphatic rings. The molecular formula is C31H28N3+. The lowest BCUT2D eigenvalue weighted by atomic mass is 9.83. The molecular weight excluding hydrogens is 414 g/mol. The van der Waals surface area contributed by atoms with Crippen LogP contribution in [0.5, 0.6) is 0 Å². The van der Waals surface area contributed by atoms with E-state index in [-0.39, 0.29) is 0 Å². The van der Waals surface area contributed by atoms with Gasteiger partial charge in [-0.1, -0.05) is 31.4 Å². The van der Waals surface area contributed by atoms with Crippen molar-refractivity contribution in [3.05, 3.63) is 70.9 Å². The molecule has 0 unspecified atom stereocenters. The van der Waals surface area contributed by atoms with Crippen molar-refractivity contribution < 1.29 is 4.57 Å². The van der Waals surface area contributed by atoms with Crippen LogP contribution in [0.3, 0.4) is 0 Å². The first-order chi connectivity index (χ1) is 16.6. The van der Waals surface area contributed by atoms with Crippen LogP contribution < -0.4 is 4.57 Å². The van der Waals surface area contributed by atoms with Crippen molar-refractivity contribution in [1.29, 1.82) is 5.26 Å². The number of benzene rings is 3. The maximum absolute atomic E-state index is 10.0. The van der Waals surface area contributed by atoms with E-state index in [1.54, 1.807) is 0 Å². The fourth-order valence-corrected chi connectivity index (χ4v) is 6.74. The smallest absolute Gasteiger partial charge is 0.224 e. The van der Waals surface area contributed by atoms with Gasteiger partial charge in [-0.25, -0.2) is 4.57 Å². The summed E-state index contributed by atoms with van der Waals surface area (Å²) in [4.78, 5) is 0. The number of nitrogens with zero attached hydrogens (tertiary/aromatic N) is 3. The van der Waals surface area contributed by atoms with Crippen molar-refractivity contribution in [2.24, 2.45) is 7.05 Å². The molecule has 0 N–H and O–H groups in total. The van der Waals surface area contributed by atoms with Crippen molar-refractivity contribution in [2.45, 2.75) is 51.9 Å². The summed E-state index contributed by atoms with van der Waals surface area (Å²) < 4.78 is 4.76. The van der Waals surface area contributed by atoms with Gasteiger partial charge in [0.25, 0.3) is 0 Å². The van der Waals surface area contributed by atoms with Crippen molar-refractivity contribution in [3.63, 3.8) is 0 Å². The average molecular weight is 443 g/mol. The molecule has 0 radical (unpaired) electrons. The molecule has 166 valence electrons. The molecule has 0 spiro atoms. The molecule has 0 saturated heterocycles. The van der Waals surface area contributed by atoms with Crippen LogP contribution in [0.25, 0.3) is 49.0 Å². The van der Waals surface area contributed by atoms with Gasteiger partial charge >= 0.3 is 0 Å². The van der Waals surface area contributed by atoms with E-state index in [0.717, 1.165) is 16.5 Å². The van der Waals surface area contributed by atoms with Gasteiger partial charge in [-0.05, 0) is 78.9 Å². The molecule has 0 aliphatic heterocycles. The van der Waals surface area contributed by atoms with Crippen LogP contribution in [0.2, 0.25) is 0 Å². The summed E-state index contributed by atoms with van der Waals surface area (Å²) in [6, 6.07) is 18.2. The lowest BCUT2D eigenvalue weighted by Crippen LogP contribution is -2.29. The number of aryl methyl sites for hydroxylation is 3. The molecule has 3 heterocycles. The monoisotopic (exact) mass is 442 g/mol. The molecule has 6 aromatic rings. The van der Waals surface area contributed by atoms with Crippen LogP contribution >= 0.6 is 0 Å². The maximum Gasteiger partial charge on any atom is 0.224 e. The zero-order valence-electron chi connectivity index (χ0n) is 20.1. The predicted octanol–water partition coefficient (Wildman–Crippen LogP) is 7.35. The quantitative estimate of drug-likeness (QED) is 0.149. The summed E-state index contributed by atoms with van der Waals surface area (Å²) in [6.45, 7) is 4.45. The summed E-state index contributed by atoms with van der Waals surface area (Å²) in [6.07, 6.45) is 8.82. The fraction of sp³-hybridized carbons (Fsp3) is 0.290. The van der Waals surface area contributed by atoms with Gasteiger partial charge in [-0.2, -0.15) is 5.26 Å². The molecule has 1 aliphatic carbocycles. The molecule has 1 saturated carbocycles. The van der Waals surface area contributed by atoms with Gasteiger partial charge in [0, 0.05) is 16.8 Å². The summed E-state index contributed by atoms with van der Waals surface area (Å²) in [5.74, 6) is 0.639. The Hall–Kier alpha value is -3.64. The van der Waals surface area contributed by atoms with E-state index in [9.17, 15) is 5.26 Å². The van der Waals surface area contributed by atoms with Crippen molar-refractivity contribution >= 4 is 49.0 Å². The first-order valence-electron chi connectivity index (χ1n) is 12.5. The Kier molecular flexibility index (Phi) is 4.04. The van der Waals surface area contributed by atoms with Crippen molar-refractivity contribution in [3.8, 4) is 6.07 Å². The highest BCUT2D eigenvalue weighted by atomic mass is 15.0. The van der Waals surface area contributed by atoms with E-state index in [4.69, 9.17) is 0 Å². The summed E-state index contributed by atoms with van der Waals surface area (Å²) in [5.41, 5.74) is 9.77. The van der Waals surface area contributed by atoms with Crippen LogP contribution in [0.4, 0.5) is 0 Å². The van der Waals surface area contributed by atoms with Gasteiger partial charge in [0.05, 0.1) is 39.0 Å². The number of aromatic nitrogens is 2. The van der Waals surface area contributed by atoms with E-state index in [1.165, 1.54) is 86.9 Å². The Balaban J connectivity index is 1.81. The molecule has 34 heavy (non-hydrogen) atoms. The number of pyridine rings is 2. The summed E-state index contributed by atoms with van der Waals surface area (Å²) in [7, 11) is 2.17. The summed E-state index contributed by atoms with van der Waals surface area (Å²) >= 11 is 0. The minimum atomic E-state index is 0.639. The molecule has 0 atom stereocenters. The third-order valence-corrected chi connectivity index (χ3v) is 8.51. The average Bonchev–Trinajstić information content (AvgIpc) is 3.20. The second kappa shape index (κ2) is 6.93. The molecule has 3 heteroatoms. The fourth-order valence-electron chi connectivity index (χ4n) is 6.74. The number of hydrogen-bond donors (Lipinski definition) is 0. The minimum Gasteiger partial charge on any atom is -0.307 e. The molecule has 0 bridgehead atoms. The van der Waals surface area contributed by atoms with Gasteiger partial charge < -0.3 is 4.40 Å². The molecule has 0 amide bonds. The topological polar surface area (TPSA) is 32.1 Å². The van der Waals surface area contributed by atoms with E-state index >= 15 is 0 Å². The van der Waals surface area contributed by atoms with Gasteiger partial charge in [0.1, 0.15) is 7.05 Å². The maximum atomic E-state index is 10.0. The molecule has 1 fully saturated rings. The number of rotatable bonds is 1. The van der Waals surface area contributed by atoms with Crippen LogP contribution in [0, 0.1) is 25.2 Å². The molecule has 3 nitrogen and oxygen atoms in total. The minimum absolute atomic E-state index is 0.639. The van der Waals surface area contributed by atoms with Crippen molar-refractivity contribution in [2.75, 3.05) is 0 Å².